The normalized spacial score (nSPS) is 32.1. The molecule has 1 spiro atoms. The number of hydrogen-bond acceptors (Lipinski definition) is 4. The van der Waals surface area contributed by atoms with E-state index in [9.17, 15) is 9.90 Å². The van der Waals surface area contributed by atoms with E-state index in [1.807, 2.05) is 17.0 Å². The molecule has 2 saturated heterocycles. The Kier molecular flexibility index (Phi) is 3.96. The van der Waals surface area contributed by atoms with Crippen molar-refractivity contribution in [3.8, 4) is 0 Å². The first kappa shape index (κ1) is 16.5. The van der Waals surface area contributed by atoms with Gasteiger partial charge in [0.15, 0.2) is 0 Å². The molecule has 2 saturated carbocycles. The molecule has 3 unspecified atom stereocenters. The zero-order valence-corrected chi connectivity index (χ0v) is 15.4. The molecule has 2 bridgehead atoms. The van der Waals surface area contributed by atoms with Crippen LogP contribution in [0.5, 0.6) is 0 Å². The topological polar surface area (TPSA) is 56.7 Å². The molecule has 5 nitrogen and oxygen atoms in total. The quantitative estimate of drug-likeness (QED) is 0.906. The van der Waals surface area contributed by atoms with Crippen LogP contribution >= 0.6 is 0 Å². The summed E-state index contributed by atoms with van der Waals surface area (Å²) in [4.78, 5) is 22.2. The number of aliphatic hydroxyl groups excluding tert-OH is 1. The number of anilines is 1. The maximum Gasteiger partial charge on any atom is 0.257 e. The predicted molar refractivity (Wildman–Crippen MR) is 100 cm³/mol. The van der Waals surface area contributed by atoms with Crippen molar-refractivity contribution in [2.75, 3.05) is 24.6 Å². The van der Waals surface area contributed by atoms with Crippen molar-refractivity contribution < 1.29 is 9.90 Å². The molecule has 0 aromatic carbocycles. The van der Waals surface area contributed by atoms with Gasteiger partial charge in [-0.15, -0.1) is 0 Å². The number of aromatic nitrogens is 1. The van der Waals surface area contributed by atoms with E-state index in [0.717, 1.165) is 50.2 Å². The number of carbonyl (C=O) groups is 1. The fraction of sp³-hybridized carbons (Fsp3) is 0.714. The first-order valence-corrected chi connectivity index (χ1v) is 10.3. The van der Waals surface area contributed by atoms with Crippen molar-refractivity contribution >= 4 is 11.7 Å². The summed E-state index contributed by atoms with van der Waals surface area (Å²) in [5.74, 6) is 1.47. The van der Waals surface area contributed by atoms with Crippen LogP contribution in [0, 0.1) is 11.3 Å². The number of hydrogen-bond donors (Lipinski definition) is 1. The summed E-state index contributed by atoms with van der Waals surface area (Å²) in [5.41, 5.74) is 1.27. The van der Waals surface area contributed by atoms with Gasteiger partial charge in [-0.1, -0.05) is 6.42 Å². The van der Waals surface area contributed by atoms with Gasteiger partial charge in [-0.3, -0.25) is 4.79 Å². The monoisotopic (exact) mass is 355 g/mol. The summed E-state index contributed by atoms with van der Waals surface area (Å²) in [5, 5.41) is 9.92. The van der Waals surface area contributed by atoms with Crippen LogP contribution in [0.25, 0.3) is 0 Å². The highest BCUT2D eigenvalue weighted by Gasteiger charge is 2.47. The van der Waals surface area contributed by atoms with Gasteiger partial charge in [0, 0.05) is 25.3 Å². The van der Waals surface area contributed by atoms with Crippen LogP contribution in [0.15, 0.2) is 18.3 Å². The van der Waals surface area contributed by atoms with Gasteiger partial charge in [0.2, 0.25) is 0 Å². The molecule has 3 atom stereocenters. The van der Waals surface area contributed by atoms with Gasteiger partial charge in [-0.05, 0) is 68.4 Å². The third-order valence-electron chi connectivity index (χ3n) is 7.71. The van der Waals surface area contributed by atoms with Crippen molar-refractivity contribution in [3.63, 3.8) is 0 Å². The zero-order valence-electron chi connectivity index (χ0n) is 15.4. The summed E-state index contributed by atoms with van der Waals surface area (Å²) < 4.78 is 0. The fourth-order valence-electron chi connectivity index (χ4n) is 5.96. The molecule has 1 aromatic rings. The average Bonchev–Trinajstić information content (AvgIpc) is 3.27. The molecule has 0 radical (unpaired) electrons. The summed E-state index contributed by atoms with van der Waals surface area (Å²) >= 11 is 0. The molecule has 3 heterocycles. The molecule has 4 fully saturated rings. The lowest BCUT2D eigenvalue weighted by molar-refractivity contribution is 0.0286. The highest BCUT2D eigenvalue weighted by Crippen LogP contribution is 2.49. The predicted octanol–water partition coefficient (Wildman–Crippen LogP) is 2.84. The molecule has 26 heavy (non-hydrogen) atoms. The third-order valence-corrected chi connectivity index (χ3v) is 7.71. The van der Waals surface area contributed by atoms with Crippen molar-refractivity contribution in [1.29, 1.82) is 0 Å². The minimum Gasteiger partial charge on any atom is -0.394 e. The molecule has 1 aromatic heterocycles. The second-order valence-electron chi connectivity index (χ2n) is 8.90. The molecular weight excluding hydrogens is 326 g/mol. The standard InChI is InChI=1S/C21H29N3O2/c25-14-18-15-4-5-16(13-15)24(18)19-17(3-1-10-22-19)20(26)23-11-8-21(9-12-23)6-2-7-21/h1,3,10,15-16,18,25H,2,4-9,11-14H2. The average molecular weight is 355 g/mol. The van der Waals surface area contributed by atoms with E-state index >= 15 is 0 Å². The largest absolute Gasteiger partial charge is 0.394 e. The lowest BCUT2D eigenvalue weighted by Gasteiger charge is -2.48. The van der Waals surface area contributed by atoms with E-state index < -0.39 is 0 Å². The van der Waals surface area contributed by atoms with Crippen molar-refractivity contribution in [2.45, 2.75) is 63.5 Å². The maximum absolute atomic E-state index is 13.3. The Labute approximate surface area is 155 Å². The van der Waals surface area contributed by atoms with E-state index in [0.29, 0.717) is 17.4 Å². The second kappa shape index (κ2) is 6.22. The van der Waals surface area contributed by atoms with Crippen LogP contribution in [-0.4, -0.2) is 52.7 Å². The molecule has 1 N–H and O–H groups in total. The van der Waals surface area contributed by atoms with E-state index in [1.54, 1.807) is 6.20 Å². The number of likely N-dealkylation sites (tertiary alicyclic amines) is 1. The number of carbonyl (C=O) groups excluding carboxylic acids is 1. The second-order valence-corrected chi connectivity index (χ2v) is 8.90. The van der Waals surface area contributed by atoms with Gasteiger partial charge in [0.1, 0.15) is 5.82 Å². The summed E-state index contributed by atoms with van der Waals surface area (Å²) in [6.45, 7) is 1.91. The van der Waals surface area contributed by atoms with E-state index in [1.165, 1.54) is 25.7 Å². The van der Waals surface area contributed by atoms with Crippen molar-refractivity contribution in [2.24, 2.45) is 11.3 Å². The molecule has 140 valence electrons. The molecular formula is C21H29N3O2. The third kappa shape index (κ3) is 2.47. The highest BCUT2D eigenvalue weighted by atomic mass is 16.3. The molecule has 2 aliphatic carbocycles. The van der Waals surface area contributed by atoms with Crippen LogP contribution in [0.3, 0.4) is 0 Å². The first-order valence-electron chi connectivity index (χ1n) is 10.3. The number of nitrogens with zero attached hydrogens (tertiary/aromatic N) is 3. The minimum absolute atomic E-state index is 0.120. The molecule has 5 rings (SSSR count). The lowest BCUT2D eigenvalue weighted by Crippen LogP contribution is -2.47. The highest BCUT2D eigenvalue weighted by molar-refractivity contribution is 5.99. The zero-order chi connectivity index (χ0) is 17.7. The van der Waals surface area contributed by atoms with E-state index in [4.69, 9.17) is 0 Å². The first-order chi connectivity index (χ1) is 12.7. The van der Waals surface area contributed by atoms with Crippen LogP contribution in [0.4, 0.5) is 5.82 Å². The minimum atomic E-state index is 0.120. The Hall–Kier alpha value is -1.62. The van der Waals surface area contributed by atoms with Crippen molar-refractivity contribution in [1.82, 2.24) is 9.88 Å². The summed E-state index contributed by atoms with van der Waals surface area (Å²) in [6, 6.07) is 4.35. The van der Waals surface area contributed by atoms with Gasteiger partial charge < -0.3 is 14.9 Å². The van der Waals surface area contributed by atoms with Gasteiger partial charge in [0.25, 0.3) is 5.91 Å². The smallest absolute Gasteiger partial charge is 0.257 e. The van der Waals surface area contributed by atoms with Crippen LogP contribution in [0.2, 0.25) is 0 Å². The SMILES string of the molecule is O=C(c1cccnc1N1C2CCC(C2)C1CO)N1CCC2(CCC2)CC1. The Morgan fingerprint density at radius 3 is 2.73 bits per heavy atom. The molecule has 1 amide bonds. The van der Waals surface area contributed by atoms with Crippen LogP contribution in [-0.2, 0) is 0 Å². The van der Waals surface area contributed by atoms with Gasteiger partial charge in [-0.2, -0.15) is 0 Å². The number of pyridine rings is 1. The summed E-state index contributed by atoms with van der Waals surface area (Å²) in [6.07, 6.45) is 11.6. The molecule has 5 heteroatoms. The Morgan fingerprint density at radius 2 is 2.04 bits per heavy atom. The number of fused-ring (bicyclic) bond motifs is 2. The van der Waals surface area contributed by atoms with Gasteiger partial charge in [-0.25, -0.2) is 4.98 Å². The fourth-order valence-corrected chi connectivity index (χ4v) is 5.96. The van der Waals surface area contributed by atoms with Crippen LogP contribution < -0.4 is 4.90 Å². The maximum atomic E-state index is 13.3. The number of aliphatic hydroxyl groups is 1. The molecule has 2 aliphatic heterocycles. The van der Waals surface area contributed by atoms with Gasteiger partial charge in [0.05, 0.1) is 18.2 Å². The Balaban J connectivity index is 1.39. The van der Waals surface area contributed by atoms with Crippen molar-refractivity contribution in [3.05, 3.63) is 23.9 Å². The number of piperidine rings is 2. The summed E-state index contributed by atoms with van der Waals surface area (Å²) in [7, 11) is 0. The Morgan fingerprint density at radius 1 is 1.23 bits per heavy atom. The number of amides is 1. The van der Waals surface area contributed by atoms with Crippen LogP contribution in [0.1, 0.15) is 61.7 Å². The van der Waals surface area contributed by atoms with Gasteiger partial charge >= 0.3 is 0 Å². The lowest BCUT2D eigenvalue weighted by atomic mass is 9.63. The molecule has 4 aliphatic rings. The number of rotatable bonds is 3. The Bertz CT molecular complexity index is 692. The van der Waals surface area contributed by atoms with E-state index in [2.05, 4.69) is 9.88 Å². The van der Waals surface area contributed by atoms with E-state index in [-0.39, 0.29) is 18.6 Å².